The van der Waals surface area contributed by atoms with Crippen LogP contribution in [-0.4, -0.2) is 16.4 Å². The van der Waals surface area contributed by atoms with E-state index in [1.165, 1.54) is 0 Å². The van der Waals surface area contributed by atoms with E-state index < -0.39 is 4.83 Å². The summed E-state index contributed by atoms with van der Waals surface area (Å²) >= 11 is 3.23. The highest BCUT2D eigenvalue weighted by molar-refractivity contribution is 9.10. The maximum Gasteiger partial charge on any atom is 0.157 e. The normalized spacial score (nSPS) is 35.3. The minimum atomic E-state index is -0.562. The lowest BCUT2D eigenvalue weighted by molar-refractivity contribution is -0.129. The fourth-order valence-electron chi connectivity index (χ4n) is 1.99. The van der Waals surface area contributed by atoms with Crippen molar-refractivity contribution in [2.45, 2.75) is 50.8 Å². The highest BCUT2D eigenvalue weighted by Gasteiger charge is 2.30. The molecule has 0 heterocycles. The number of ketones is 2. The molecular weight excluding hydrogens is 256 g/mol. The van der Waals surface area contributed by atoms with Gasteiger partial charge < -0.3 is 0 Å². The molecule has 1 fully saturated rings. The van der Waals surface area contributed by atoms with Gasteiger partial charge in [-0.3, -0.25) is 9.59 Å². The summed E-state index contributed by atoms with van der Waals surface area (Å²) in [5.41, 5.74) is 0. The molecule has 0 aromatic heterocycles. The van der Waals surface area contributed by atoms with Crippen LogP contribution in [0.15, 0.2) is 0 Å². The summed E-state index contributed by atoms with van der Waals surface area (Å²) in [7, 11) is 0. The lowest BCUT2D eigenvalue weighted by atomic mass is 9.84. The summed E-state index contributed by atoms with van der Waals surface area (Å²) in [4.78, 5) is 23.0. The molecule has 15 heavy (non-hydrogen) atoms. The molecule has 0 spiro atoms. The molecule has 0 N–H and O–H groups in total. The molecule has 86 valence electrons. The van der Waals surface area contributed by atoms with E-state index in [1.54, 1.807) is 0 Å². The first kappa shape index (κ1) is 12.9. The van der Waals surface area contributed by atoms with Crippen molar-refractivity contribution in [3.8, 4) is 0 Å². The monoisotopic (exact) mass is 274 g/mol. The first-order valence-electron chi connectivity index (χ1n) is 5.74. The van der Waals surface area contributed by atoms with Crippen molar-refractivity contribution in [1.82, 2.24) is 0 Å². The molecule has 0 amide bonds. The van der Waals surface area contributed by atoms with Crippen molar-refractivity contribution in [1.29, 1.82) is 0 Å². The van der Waals surface area contributed by atoms with E-state index in [0.717, 1.165) is 25.7 Å². The lowest BCUT2D eigenvalue weighted by Crippen LogP contribution is -2.32. The molecule has 0 aliphatic heterocycles. The predicted molar refractivity (Wildman–Crippen MR) is 64.1 cm³/mol. The molecule has 3 atom stereocenters. The minimum Gasteiger partial charge on any atom is -0.298 e. The molecule has 3 heteroatoms. The molecule has 0 aromatic rings. The molecule has 0 radical (unpaired) electrons. The number of hydrogen-bond donors (Lipinski definition) is 0. The second kappa shape index (κ2) is 5.78. The second-order valence-corrected chi connectivity index (χ2v) is 5.51. The van der Waals surface area contributed by atoms with Crippen LogP contribution in [0.4, 0.5) is 0 Å². The van der Waals surface area contributed by atoms with E-state index in [9.17, 15) is 9.59 Å². The van der Waals surface area contributed by atoms with Crippen LogP contribution >= 0.6 is 15.9 Å². The van der Waals surface area contributed by atoms with Gasteiger partial charge in [-0.05, 0) is 12.3 Å². The maximum atomic E-state index is 11.9. The minimum absolute atomic E-state index is 0.00331. The summed E-state index contributed by atoms with van der Waals surface area (Å²) in [6, 6.07) is 0. The molecule has 1 aliphatic rings. The molecule has 0 saturated heterocycles. The van der Waals surface area contributed by atoms with Gasteiger partial charge >= 0.3 is 0 Å². The number of carbonyl (C=O) groups excluding carboxylic acids is 2. The Balaban J connectivity index is 2.73. The highest BCUT2D eigenvalue weighted by Crippen LogP contribution is 2.25. The zero-order chi connectivity index (χ0) is 11.4. The van der Waals surface area contributed by atoms with E-state index in [-0.39, 0.29) is 17.5 Å². The van der Waals surface area contributed by atoms with Crippen molar-refractivity contribution < 1.29 is 9.59 Å². The van der Waals surface area contributed by atoms with Crippen molar-refractivity contribution >= 4 is 27.5 Å². The van der Waals surface area contributed by atoms with Crippen LogP contribution in [0.1, 0.15) is 46.0 Å². The average Bonchev–Trinajstić information content (AvgIpc) is 2.23. The molecule has 3 unspecified atom stereocenters. The van der Waals surface area contributed by atoms with Crippen LogP contribution in [-0.2, 0) is 9.59 Å². The summed E-state index contributed by atoms with van der Waals surface area (Å²) in [6.07, 6.45) is 4.81. The number of alkyl halides is 1. The van der Waals surface area contributed by atoms with Gasteiger partial charge in [-0.1, -0.05) is 49.0 Å². The van der Waals surface area contributed by atoms with Gasteiger partial charge in [-0.15, -0.1) is 0 Å². The fraction of sp³-hybridized carbons (Fsp3) is 0.833. The Morgan fingerprint density at radius 2 is 1.80 bits per heavy atom. The zero-order valence-corrected chi connectivity index (χ0v) is 11.0. The second-order valence-electron chi connectivity index (χ2n) is 4.60. The van der Waals surface area contributed by atoms with E-state index in [4.69, 9.17) is 0 Å². The summed E-state index contributed by atoms with van der Waals surface area (Å²) in [5, 5.41) is 0. The van der Waals surface area contributed by atoms with Gasteiger partial charge in [0.2, 0.25) is 0 Å². The van der Waals surface area contributed by atoms with Crippen molar-refractivity contribution in [3.63, 3.8) is 0 Å². The Labute approximate surface area is 99.9 Å². The van der Waals surface area contributed by atoms with Crippen molar-refractivity contribution in [2.75, 3.05) is 0 Å². The first-order valence-corrected chi connectivity index (χ1v) is 6.66. The smallest absolute Gasteiger partial charge is 0.157 e. The Bertz CT molecular complexity index is 250. The molecule has 1 aliphatic carbocycles. The predicted octanol–water partition coefficient (Wildman–Crippen LogP) is 3.12. The molecule has 0 aromatic carbocycles. The lowest BCUT2D eigenvalue weighted by Gasteiger charge is -2.22. The van der Waals surface area contributed by atoms with E-state index >= 15 is 0 Å². The molecule has 1 saturated carbocycles. The van der Waals surface area contributed by atoms with Crippen LogP contribution in [0.3, 0.4) is 0 Å². The van der Waals surface area contributed by atoms with Gasteiger partial charge in [0.25, 0.3) is 0 Å². The van der Waals surface area contributed by atoms with E-state index in [0.29, 0.717) is 12.3 Å². The van der Waals surface area contributed by atoms with Crippen LogP contribution in [0.2, 0.25) is 0 Å². The van der Waals surface area contributed by atoms with Gasteiger partial charge in [0.1, 0.15) is 4.83 Å². The van der Waals surface area contributed by atoms with E-state index in [2.05, 4.69) is 22.9 Å². The SMILES string of the molecule is CC1CCCCCC(=O)C(Br)C(=O)C1C. The maximum absolute atomic E-state index is 11.9. The topological polar surface area (TPSA) is 34.1 Å². The number of carbonyl (C=O) groups is 2. The summed E-state index contributed by atoms with van der Waals surface area (Å²) < 4.78 is 0. The molecule has 2 nitrogen and oxygen atoms in total. The largest absolute Gasteiger partial charge is 0.298 e. The van der Waals surface area contributed by atoms with Gasteiger partial charge in [-0.2, -0.15) is 0 Å². The standard InChI is InChI=1S/C12H19BrO2/c1-8-6-4-3-5-7-10(14)11(13)12(15)9(8)2/h8-9,11H,3-7H2,1-2H3. The number of rotatable bonds is 0. The quantitative estimate of drug-likeness (QED) is 0.503. The molecule has 1 rings (SSSR count). The van der Waals surface area contributed by atoms with Gasteiger partial charge in [0.05, 0.1) is 0 Å². The fourth-order valence-corrected chi connectivity index (χ4v) is 2.63. The Morgan fingerprint density at radius 3 is 2.47 bits per heavy atom. The van der Waals surface area contributed by atoms with Crippen LogP contribution in [0.5, 0.6) is 0 Å². The summed E-state index contributed by atoms with van der Waals surface area (Å²) in [6.45, 7) is 4.05. The van der Waals surface area contributed by atoms with Crippen LogP contribution in [0, 0.1) is 11.8 Å². The Kier molecular flexibility index (Phi) is 4.97. The van der Waals surface area contributed by atoms with Crippen molar-refractivity contribution in [3.05, 3.63) is 0 Å². The molecular formula is C12H19BrO2. The van der Waals surface area contributed by atoms with Gasteiger partial charge in [-0.25, -0.2) is 0 Å². The Morgan fingerprint density at radius 1 is 1.13 bits per heavy atom. The average molecular weight is 275 g/mol. The third-order valence-corrected chi connectivity index (χ3v) is 4.38. The first-order chi connectivity index (χ1) is 7.04. The Hall–Kier alpha value is -0.180. The zero-order valence-electron chi connectivity index (χ0n) is 9.46. The third-order valence-electron chi connectivity index (χ3n) is 3.42. The van der Waals surface area contributed by atoms with Crippen molar-refractivity contribution in [2.24, 2.45) is 11.8 Å². The third kappa shape index (κ3) is 3.40. The highest BCUT2D eigenvalue weighted by atomic mass is 79.9. The van der Waals surface area contributed by atoms with Gasteiger partial charge in [0, 0.05) is 12.3 Å². The number of halogens is 1. The van der Waals surface area contributed by atoms with E-state index in [1.807, 2.05) is 6.92 Å². The van der Waals surface area contributed by atoms with Gasteiger partial charge in [0.15, 0.2) is 11.6 Å². The summed E-state index contributed by atoms with van der Waals surface area (Å²) in [5.74, 6) is 0.509. The van der Waals surface area contributed by atoms with Crippen LogP contribution < -0.4 is 0 Å². The number of Topliss-reactive ketones (excluding diaryl/α,β-unsaturated/α-hetero) is 2. The molecule has 0 bridgehead atoms. The van der Waals surface area contributed by atoms with Crippen LogP contribution in [0.25, 0.3) is 0 Å². The number of hydrogen-bond acceptors (Lipinski definition) is 2.